The molecular weight excluding hydrogens is 347 g/mol. The van der Waals surface area contributed by atoms with Gasteiger partial charge in [-0.1, -0.05) is 0 Å². The summed E-state index contributed by atoms with van der Waals surface area (Å²) >= 11 is 1.81. The minimum atomic E-state index is -2.69. The van der Waals surface area contributed by atoms with Crippen LogP contribution in [-0.4, -0.2) is 25.2 Å². The number of carbonyl (C=O) groups is 1. The molecule has 0 N–H and O–H groups in total. The van der Waals surface area contributed by atoms with Gasteiger partial charge in [0.1, 0.15) is 3.70 Å². The van der Waals surface area contributed by atoms with Crippen molar-refractivity contribution in [2.24, 2.45) is 0 Å². The zero-order valence-corrected chi connectivity index (χ0v) is 11.3. The van der Waals surface area contributed by atoms with Gasteiger partial charge in [-0.2, -0.15) is 0 Å². The third kappa shape index (κ3) is 3.48. The van der Waals surface area contributed by atoms with Crippen LogP contribution in [0.15, 0.2) is 6.07 Å². The Balaban J connectivity index is 3.26. The second-order valence-corrected chi connectivity index (χ2v) is 4.18. The summed E-state index contributed by atoms with van der Waals surface area (Å²) in [6.07, 6.45) is -2.98. The summed E-state index contributed by atoms with van der Waals surface area (Å²) in [6, 6.07) is 1.23. The number of alkyl halides is 2. The van der Waals surface area contributed by atoms with E-state index in [1.165, 1.54) is 20.3 Å². The van der Waals surface area contributed by atoms with E-state index in [0.29, 0.717) is 3.70 Å². The Kier molecular flexibility index (Phi) is 5.03. The van der Waals surface area contributed by atoms with Crippen molar-refractivity contribution in [1.29, 1.82) is 0 Å². The lowest BCUT2D eigenvalue weighted by molar-refractivity contribution is -0.139. The molecular formula is C10H10F2INO3. The molecule has 4 nitrogen and oxygen atoms in total. The second-order valence-electron chi connectivity index (χ2n) is 3.08. The Morgan fingerprint density at radius 2 is 2.18 bits per heavy atom. The van der Waals surface area contributed by atoms with E-state index in [9.17, 15) is 13.6 Å². The van der Waals surface area contributed by atoms with Crippen molar-refractivity contribution < 1.29 is 23.0 Å². The first kappa shape index (κ1) is 14.1. The highest BCUT2D eigenvalue weighted by Gasteiger charge is 2.21. The number of hydrogen-bond acceptors (Lipinski definition) is 4. The summed E-state index contributed by atoms with van der Waals surface area (Å²) in [4.78, 5) is 15.1. The van der Waals surface area contributed by atoms with Gasteiger partial charge in [0, 0.05) is 11.1 Å². The predicted molar refractivity (Wildman–Crippen MR) is 64.2 cm³/mol. The molecule has 0 aliphatic heterocycles. The molecule has 7 heteroatoms. The van der Waals surface area contributed by atoms with Crippen molar-refractivity contribution in [2.75, 3.05) is 14.2 Å². The molecule has 0 bridgehead atoms. The van der Waals surface area contributed by atoms with Crippen LogP contribution in [0.3, 0.4) is 0 Å². The van der Waals surface area contributed by atoms with Crippen LogP contribution >= 0.6 is 22.6 Å². The van der Waals surface area contributed by atoms with E-state index in [2.05, 4.69) is 9.72 Å². The molecule has 94 valence electrons. The summed E-state index contributed by atoms with van der Waals surface area (Å²) in [7, 11) is 2.51. The third-order valence-electron chi connectivity index (χ3n) is 2.07. The molecule has 0 aromatic carbocycles. The molecule has 17 heavy (non-hydrogen) atoms. The normalized spacial score (nSPS) is 10.5. The molecule has 0 unspecified atom stereocenters. The topological polar surface area (TPSA) is 48.4 Å². The van der Waals surface area contributed by atoms with Crippen molar-refractivity contribution in [1.82, 2.24) is 4.98 Å². The number of esters is 1. The van der Waals surface area contributed by atoms with Gasteiger partial charge in [0.05, 0.1) is 20.6 Å². The van der Waals surface area contributed by atoms with Crippen LogP contribution in [0.1, 0.15) is 17.6 Å². The fourth-order valence-electron chi connectivity index (χ4n) is 1.29. The van der Waals surface area contributed by atoms with Crippen molar-refractivity contribution in [2.45, 2.75) is 12.8 Å². The largest absolute Gasteiger partial charge is 0.481 e. The summed E-state index contributed by atoms with van der Waals surface area (Å²) < 4.78 is 35.4. The molecule has 0 saturated carbocycles. The molecule has 1 aromatic heterocycles. The SMILES string of the molecule is COC(=O)Cc1c(C(F)F)cc(I)nc1OC. The molecule has 0 saturated heterocycles. The fraction of sp³-hybridized carbons (Fsp3) is 0.400. The lowest BCUT2D eigenvalue weighted by Crippen LogP contribution is -2.10. The number of ether oxygens (including phenoxy) is 2. The molecule has 1 rings (SSSR count). The Morgan fingerprint density at radius 1 is 1.53 bits per heavy atom. The monoisotopic (exact) mass is 357 g/mol. The number of rotatable bonds is 4. The first-order valence-electron chi connectivity index (χ1n) is 4.57. The molecule has 0 atom stereocenters. The molecule has 0 aliphatic carbocycles. The Bertz CT molecular complexity index is 426. The van der Waals surface area contributed by atoms with Gasteiger partial charge >= 0.3 is 5.97 Å². The lowest BCUT2D eigenvalue weighted by atomic mass is 10.1. The maximum absolute atomic E-state index is 12.8. The van der Waals surface area contributed by atoms with E-state index < -0.39 is 12.4 Å². The van der Waals surface area contributed by atoms with Gasteiger partial charge in [-0.05, 0) is 28.7 Å². The fourth-order valence-corrected chi connectivity index (χ4v) is 1.85. The summed E-state index contributed by atoms with van der Waals surface area (Å²) in [5, 5.41) is 0. The van der Waals surface area contributed by atoms with Crippen LogP contribution in [0.25, 0.3) is 0 Å². The molecule has 1 aromatic rings. The minimum Gasteiger partial charge on any atom is -0.481 e. The molecule has 0 aliphatic rings. The van der Waals surface area contributed by atoms with Crippen LogP contribution < -0.4 is 4.74 Å². The van der Waals surface area contributed by atoms with Gasteiger partial charge in [-0.15, -0.1) is 0 Å². The number of halogens is 3. The molecule has 0 radical (unpaired) electrons. The third-order valence-corrected chi connectivity index (χ3v) is 2.62. The zero-order valence-electron chi connectivity index (χ0n) is 9.17. The molecule has 0 spiro atoms. The summed E-state index contributed by atoms with van der Waals surface area (Å²) in [5.41, 5.74) is -0.193. The van der Waals surface area contributed by atoms with Crippen LogP contribution in [0.2, 0.25) is 0 Å². The van der Waals surface area contributed by atoms with E-state index in [1.54, 1.807) is 22.6 Å². The summed E-state index contributed by atoms with van der Waals surface area (Å²) in [6.45, 7) is 0. The maximum atomic E-state index is 12.8. The van der Waals surface area contributed by atoms with Gasteiger partial charge in [0.15, 0.2) is 0 Å². The van der Waals surface area contributed by atoms with Crippen LogP contribution in [0.5, 0.6) is 5.88 Å². The first-order valence-corrected chi connectivity index (χ1v) is 5.65. The highest BCUT2D eigenvalue weighted by molar-refractivity contribution is 14.1. The van der Waals surface area contributed by atoms with Crippen LogP contribution in [0, 0.1) is 3.70 Å². The van der Waals surface area contributed by atoms with E-state index in [0.717, 1.165) is 0 Å². The first-order chi connectivity index (χ1) is 7.99. The van der Waals surface area contributed by atoms with Crippen molar-refractivity contribution >= 4 is 28.6 Å². The Morgan fingerprint density at radius 3 is 2.65 bits per heavy atom. The van der Waals surface area contributed by atoms with E-state index in [-0.39, 0.29) is 23.4 Å². The number of aromatic nitrogens is 1. The Hall–Kier alpha value is -0.990. The standard InChI is InChI=1S/C10H10F2INO3/c1-16-8(15)4-6-5(9(11)12)3-7(13)14-10(6)17-2/h3,9H,4H2,1-2H3. The quantitative estimate of drug-likeness (QED) is 0.472. The van der Waals surface area contributed by atoms with Crippen molar-refractivity contribution in [3.63, 3.8) is 0 Å². The lowest BCUT2D eigenvalue weighted by Gasteiger charge is -2.12. The second kappa shape index (κ2) is 6.08. The predicted octanol–water partition coefficient (Wildman–Crippen LogP) is 2.35. The summed E-state index contributed by atoms with van der Waals surface area (Å²) in [5.74, 6) is -0.592. The Labute approximate surface area is 110 Å². The van der Waals surface area contributed by atoms with Crippen LogP contribution in [0.4, 0.5) is 8.78 Å². The number of carbonyl (C=O) groups excluding carboxylic acids is 1. The van der Waals surface area contributed by atoms with Gasteiger partial charge in [-0.25, -0.2) is 13.8 Å². The number of hydrogen-bond donors (Lipinski definition) is 0. The minimum absolute atomic E-state index is 0.0256. The van der Waals surface area contributed by atoms with E-state index in [4.69, 9.17) is 4.74 Å². The van der Waals surface area contributed by atoms with E-state index >= 15 is 0 Å². The number of nitrogens with zero attached hydrogens (tertiary/aromatic N) is 1. The average molecular weight is 357 g/mol. The van der Waals surface area contributed by atoms with E-state index in [1.807, 2.05) is 0 Å². The van der Waals surface area contributed by atoms with Crippen LogP contribution in [-0.2, 0) is 16.0 Å². The van der Waals surface area contributed by atoms with Gasteiger partial charge < -0.3 is 9.47 Å². The molecule has 0 fully saturated rings. The van der Waals surface area contributed by atoms with Crippen molar-refractivity contribution in [3.8, 4) is 5.88 Å². The van der Waals surface area contributed by atoms with Gasteiger partial charge in [0.25, 0.3) is 6.43 Å². The zero-order chi connectivity index (χ0) is 13.0. The van der Waals surface area contributed by atoms with Gasteiger partial charge in [0.2, 0.25) is 5.88 Å². The molecule has 1 heterocycles. The number of methoxy groups -OCH3 is 2. The average Bonchev–Trinajstić information content (AvgIpc) is 2.30. The molecule has 0 amide bonds. The highest BCUT2D eigenvalue weighted by atomic mass is 127. The highest BCUT2D eigenvalue weighted by Crippen LogP contribution is 2.30. The smallest absolute Gasteiger partial charge is 0.310 e. The maximum Gasteiger partial charge on any atom is 0.310 e. The number of pyridine rings is 1. The van der Waals surface area contributed by atoms with Gasteiger partial charge in [-0.3, -0.25) is 4.79 Å². The van der Waals surface area contributed by atoms with Crippen molar-refractivity contribution in [3.05, 3.63) is 20.9 Å².